The van der Waals surface area contributed by atoms with Gasteiger partial charge in [0.05, 0.1) is 5.02 Å². The molecule has 0 aliphatic carbocycles. The predicted molar refractivity (Wildman–Crippen MR) is 77.6 cm³/mol. The Bertz CT molecular complexity index is 412. The molecule has 0 radical (unpaired) electrons. The Labute approximate surface area is 121 Å². The van der Waals surface area contributed by atoms with Crippen LogP contribution in [-0.2, 0) is 0 Å². The van der Waals surface area contributed by atoms with E-state index in [9.17, 15) is 9.90 Å². The topological polar surface area (TPSA) is 49.3 Å². The van der Waals surface area contributed by atoms with E-state index >= 15 is 0 Å². The summed E-state index contributed by atoms with van der Waals surface area (Å²) in [6.45, 7) is 2.81. The van der Waals surface area contributed by atoms with Crippen molar-refractivity contribution in [2.24, 2.45) is 5.92 Å². The highest BCUT2D eigenvalue weighted by Gasteiger charge is 2.08. The summed E-state index contributed by atoms with van der Waals surface area (Å²) in [6, 6.07) is 4.44. The van der Waals surface area contributed by atoms with E-state index in [0.29, 0.717) is 18.0 Å². The summed E-state index contributed by atoms with van der Waals surface area (Å²) in [5.41, 5.74) is 0.464. The number of carbonyl (C=O) groups excluding carboxylic acids is 1. The quantitative estimate of drug-likeness (QED) is 0.617. The molecule has 18 heavy (non-hydrogen) atoms. The number of alkyl halides is 1. The molecule has 1 atom stereocenters. The molecule has 0 saturated heterocycles. The number of amides is 1. The van der Waals surface area contributed by atoms with Crippen molar-refractivity contribution in [3.8, 4) is 5.75 Å². The van der Waals surface area contributed by atoms with Crippen LogP contribution in [0.2, 0.25) is 5.02 Å². The summed E-state index contributed by atoms with van der Waals surface area (Å²) in [7, 11) is 0. The maximum Gasteiger partial charge on any atom is 0.251 e. The number of phenolic OH excluding ortho intramolecular Hbond substituents is 1. The molecular formula is C13H17BrClNO2. The first-order chi connectivity index (χ1) is 8.54. The second-order valence-corrected chi connectivity index (χ2v) is 5.38. The molecule has 0 heterocycles. The molecule has 100 valence electrons. The van der Waals surface area contributed by atoms with Crippen molar-refractivity contribution in [1.29, 1.82) is 0 Å². The van der Waals surface area contributed by atoms with Crippen LogP contribution in [0.3, 0.4) is 0 Å². The maximum atomic E-state index is 11.8. The highest BCUT2D eigenvalue weighted by Crippen LogP contribution is 2.23. The molecule has 0 bridgehead atoms. The molecule has 1 rings (SSSR count). The Kier molecular flexibility index (Phi) is 6.50. The fraction of sp³-hybridized carbons (Fsp3) is 0.462. The second-order valence-electron chi connectivity index (χ2n) is 4.32. The van der Waals surface area contributed by atoms with E-state index in [-0.39, 0.29) is 16.7 Å². The van der Waals surface area contributed by atoms with Gasteiger partial charge in [-0.15, -0.1) is 0 Å². The van der Waals surface area contributed by atoms with Crippen molar-refractivity contribution in [3.63, 3.8) is 0 Å². The van der Waals surface area contributed by atoms with Gasteiger partial charge in [-0.25, -0.2) is 0 Å². The van der Waals surface area contributed by atoms with E-state index in [1.165, 1.54) is 12.1 Å². The van der Waals surface area contributed by atoms with Gasteiger partial charge in [0.15, 0.2) is 0 Å². The van der Waals surface area contributed by atoms with Crippen LogP contribution in [0, 0.1) is 5.92 Å². The molecule has 1 aromatic rings. The van der Waals surface area contributed by atoms with E-state index in [2.05, 4.69) is 28.2 Å². The number of carbonyl (C=O) groups is 1. The Morgan fingerprint density at radius 2 is 2.28 bits per heavy atom. The molecule has 0 aliphatic heterocycles. The second kappa shape index (κ2) is 7.64. The maximum absolute atomic E-state index is 11.8. The smallest absolute Gasteiger partial charge is 0.251 e. The summed E-state index contributed by atoms with van der Waals surface area (Å²) < 4.78 is 0. The molecule has 1 unspecified atom stereocenters. The van der Waals surface area contributed by atoms with E-state index in [4.69, 9.17) is 11.6 Å². The Morgan fingerprint density at radius 1 is 1.56 bits per heavy atom. The van der Waals surface area contributed by atoms with Gasteiger partial charge in [0.2, 0.25) is 0 Å². The Hall–Kier alpha value is -0.740. The van der Waals surface area contributed by atoms with Gasteiger partial charge in [-0.2, -0.15) is 0 Å². The largest absolute Gasteiger partial charge is 0.506 e. The molecular weight excluding hydrogens is 318 g/mol. The fourth-order valence-electron chi connectivity index (χ4n) is 1.48. The lowest BCUT2D eigenvalue weighted by Crippen LogP contribution is -2.24. The zero-order chi connectivity index (χ0) is 13.5. The lowest BCUT2D eigenvalue weighted by Gasteiger charge is -2.08. The number of aromatic hydroxyl groups is 1. The number of halogens is 2. The minimum Gasteiger partial charge on any atom is -0.506 e. The van der Waals surface area contributed by atoms with Gasteiger partial charge < -0.3 is 10.4 Å². The van der Waals surface area contributed by atoms with Crippen LogP contribution in [0.4, 0.5) is 0 Å². The van der Waals surface area contributed by atoms with Crippen LogP contribution in [-0.4, -0.2) is 22.9 Å². The molecule has 0 saturated carbocycles. The minimum atomic E-state index is -0.164. The van der Waals surface area contributed by atoms with E-state index in [1.807, 2.05) is 0 Å². The van der Waals surface area contributed by atoms with Crippen molar-refractivity contribution < 1.29 is 9.90 Å². The summed E-state index contributed by atoms with van der Waals surface area (Å²) in [6.07, 6.45) is 2.02. The van der Waals surface area contributed by atoms with E-state index in [0.717, 1.165) is 18.2 Å². The summed E-state index contributed by atoms with van der Waals surface area (Å²) in [4.78, 5) is 11.8. The van der Waals surface area contributed by atoms with Crippen LogP contribution in [0.25, 0.3) is 0 Å². The zero-order valence-electron chi connectivity index (χ0n) is 10.2. The lowest BCUT2D eigenvalue weighted by molar-refractivity contribution is 0.0952. The highest BCUT2D eigenvalue weighted by atomic mass is 79.9. The van der Waals surface area contributed by atoms with Gasteiger partial charge >= 0.3 is 0 Å². The SMILES string of the molecule is CC(CBr)CCCNC(=O)c1ccc(O)c(Cl)c1. The van der Waals surface area contributed by atoms with Gasteiger partial charge in [0.1, 0.15) is 5.75 Å². The van der Waals surface area contributed by atoms with E-state index in [1.54, 1.807) is 6.07 Å². The third-order valence-electron chi connectivity index (χ3n) is 2.63. The average molecular weight is 335 g/mol. The monoisotopic (exact) mass is 333 g/mol. The van der Waals surface area contributed by atoms with E-state index < -0.39 is 0 Å². The molecule has 0 spiro atoms. The molecule has 3 nitrogen and oxygen atoms in total. The van der Waals surface area contributed by atoms with Gasteiger partial charge in [-0.05, 0) is 37.0 Å². The standard InChI is InChI=1S/C13H17BrClNO2/c1-9(8-14)3-2-6-16-13(18)10-4-5-12(17)11(15)7-10/h4-5,7,9,17H,2-3,6,8H2,1H3,(H,16,18). The van der Waals surface area contributed by atoms with Crippen molar-refractivity contribution in [2.45, 2.75) is 19.8 Å². The summed E-state index contributed by atoms with van der Waals surface area (Å²) in [5.74, 6) is 0.438. The van der Waals surface area contributed by atoms with Gasteiger partial charge in [0.25, 0.3) is 5.91 Å². The van der Waals surface area contributed by atoms with Crippen molar-refractivity contribution >= 4 is 33.4 Å². The van der Waals surface area contributed by atoms with Crippen molar-refractivity contribution in [1.82, 2.24) is 5.32 Å². The molecule has 5 heteroatoms. The van der Waals surface area contributed by atoms with Crippen molar-refractivity contribution in [2.75, 3.05) is 11.9 Å². The molecule has 0 aliphatic rings. The number of hydrogen-bond acceptors (Lipinski definition) is 2. The molecule has 0 fully saturated rings. The number of hydrogen-bond donors (Lipinski definition) is 2. The zero-order valence-corrected chi connectivity index (χ0v) is 12.6. The first-order valence-corrected chi connectivity index (χ1v) is 7.37. The Morgan fingerprint density at radius 3 is 2.89 bits per heavy atom. The van der Waals surface area contributed by atoms with Crippen LogP contribution < -0.4 is 5.32 Å². The van der Waals surface area contributed by atoms with Crippen LogP contribution in [0.1, 0.15) is 30.1 Å². The first kappa shape index (κ1) is 15.3. The molecule has 1 amide bonds. The third-order valence-corrected chi connectivity index (χ3v) is 4.04. The molecule has 1 aromatic carbocycles. The van der Waals surface area contributed by atoms with Crippen LogP contribution >= 0.6 is 27.5 Å². The number of rotatable bonds is 6. The highest BCUT2D eigenvalue weighted by molar-refractivity contribution is 9.09. The Balaban J connectivity index is 2.39. The average Bonchev–Trinajstić information content (AvgIpc) is 2.37. The first-order valence-electron chi connectivity index (χ1n) is 5.87. The number of nitrogens with one attached hydrogen (secondary N) is 1. The normalized spacial score (nSPS) is 12.2. The fourth-order valence-corrected chi connectivity index (χ4v) is 1.98. The molecule has 0 aromatic heterocycles. The van der Waals surface area contributed by atoms with Crippen LogP contribution in [0.15, 0.2) is 18.2 Å². The van der Waals surface area contributed by atoms with Crippen molar-refractivity contribution in [3.05, 3.63) is 28.8 Å². The molecule has 2 N–H and O–H groups in total. The number of phenols is 1. The van der Waals surface area contributed by atoms with Gasteiger partial charge in [-0.1, -0.05) is 34.5 Å². The predicted octanol–water partition coefficient (Wildman–Crippen LogP) is 3.59. The van der Waals surface area contributed by atoms with Gasteiger partial charge in [-0.3, -0.25) is 4.79 Å². The number of benzene rings is 1. The minimum absolute atomic E-state index is 0.0145. The van der Waals surface area contributed by atoms with Crippen LogP contribution in [0.5, 0.6) is 5.75 Å². The third kappa shape index (κ3) is 4.86. The summed E-state index contributed by atoms with van der Waals surface area (Å²) >= 11 is 9.17. The lowest BCUT2D eigenvalue weighted by atomic mass is 10.1. The summed E-state index contributed by atoms with van der Waals surface area (Å²) in [5, 5.41) is 13.3. The van der Waals surface area contributed by atoms with Gasteiger partial charge in [0, 0.05) is 17.4 Å².